The van der Waals surface area contributed by atoms with Crippen molar-refractivity contribution in [2.75, 3.05) is 7.05 Å². The van der Waals surface area contributed by atoms with E-state index < -0.39 is 0 Å². The van der Waals surface area contributed by atoms with Gasteiger partial charge in [-0.25, -0.2) is 0 Å². The van der Waals surface area contributed by atoms with Gasteiger partial charge in [-0.15, -0.1) is 0 Å². The molecule has 2 heteroatoms. The highest BCUT2D eigenvalue weighted by Crippen LogP contribution is 2.38. The molecule has 0 amide bonds. The van der Waals surface area contributed by atoms with Crippen molar-refractivity contribution in [1.82, 2.24) is 10.9 Å². The van der Waals surface area contributed by atoms with Gasteiger partial charge >= 0.3 is 0 Å². The zero-order valence-corrected chi connectivity index (χ0v) is 8.78. The van der Waals surface area contributed by atoms with Gasteiger partial charge in [0.25, 0.3) is 0 Å². The summed E-state index contributed by atoms with van der Waals surface area (Å²) in [5.41, 5.74) is 6.89. The first-order valence-corrected chi connectivity index (χ1v) is 4.96. The number of rotatable bonds is 2. The molecule has 0 saturated heterocycles. The Morgan fingerprint density at radius 3 is 2.42 bits per heavy atom. The maximum atomic E-state index is 3.32. The monoisotopic (exact) mass is 170 g/mol. The molecule has 2 nitrogen and oxygen atoms in total. The minimum Gasteiger partial charge on any atom is -0.261 e. The van der Waals surface area contributed by atoms with Gasteiger partial charge in [-0.05, 0) is 37.6 Å². The molecule has 0 aromatic rings. The highest BCUT2D eigenvalue weighted by molar-refractivity contribution is 4.85. The molecule has 0 aromatic carbocycles. The van der Waals surface area contributed by atoms with Crippen LogP contribution in [-0.2, 0) is 0 Å². The fraction of sp³-hybridized carbons (Fsp3) is 1.00. The van der Waals surface area contributed by atoms with E-state index in [0.29, 0.717) is 11.5 Å². The largest absolute Gasteiger partial charge is 0.261 e. The lowest BCUT2D eigenvalue weighted by atomic mass is 9.71. The summed E-state index contributed by atoms with van der Waals surface area (Å²) in [4.78, 5) is 0. The van der Waals surface area contributed by atoms with Crippen LogP contribution in [0.25, 0.3) is 0 Å². The van der Waals surface area contributed by atoms with Crippen molar-refractivity contribution in [3.8, 4) is 0 Å². The molecule has 1 aliphatic rings. The molecule has 0 aliphatic heterocycles. The summed E-state index contributed by atoms with van der Waals surface area (Å²) in [6.45, 7) is 7.09. The van der Waals surface area contributed by atoms with Crippen LogP contribution in [0, 0.1) is 11.3 Å². The number of hydrazine groups is 1. The molecule has 2 N–H and O–H groups in total. The van der Waals surface area contributed by atoms with E-state index in [9.17, 15) is 0 Å². The Morgan fingerprint density at radius 1 is 1.25 bits per heavy atom. The second-order valence-electron chi connectivity index (χ2n) is 5.00. The molecule has 0 bridgehead atoms. The van der Waals surface area contributed by atoms with Crippen LogP contribution in [0.5, 0.6) is 0 Å². The lowest BCUT2D eigenvalue weighted by Gasteiger charge is -2.39. The Labute approximate surface area is 76.1 Å². The van der Waals surface area contributed by atoms with Gasteiger partial charge < -0.3 is 0 Å². The molecule has 1 saturated carbocycles. The Kier molecular flexibility index (Phi) is 3.13. The van der Waals surface area contributed by atoms with Gasteiger partial charge in [-0.1, -0.05) is 20.8 Å². The Morgan fingerprint density at radius 2 is 1.92 bits per heavy atom. The Hall–Kier alpha value is -0.0800. The van der Waals surface area contributed by atoms with E-state index in [1.54, 1.807) is 0 Å². The predicted octanol–water partition coefficient (Wildman–Crippen LogP) is 1.93. The maximum Gasteiger partial charge on any atom is 0.0220 e. The molecule has 2 atom stereocenters. The zero-order valence-electron chi connectivity index (χ0n) is 8.78. The van der Waals surface area contributed by atoms with Gasteiger partial charge in [0.1, 0.15) is 0 Å². The van der Waals surface area contributed by atoms with E-state index >= 15 is 0 Å². The van der Waals surface area contributed by atoms with Crippen LogP contribution in [0.15, 0.2) is 0 Å². The van der Waals surface area contributed by atoms with Crippen molar-refractivity contribution < 1.29 is 0 Å². The fourth-order valence-electron chi connectivity index (χ4n) is 2.66. The van der Waals surface area contributed by atoms with E-state index in [2.05, 4.69) is 31.6 Å². The van der Waals surface area contributed by atoms with Crippen LogP contribution in [0.1, 0.15) is 40.0 Å². The second kappa shape index (κ2) is 3.75. The smallest absolute Gasteiger partial charge is 0.0220 e. The Balaban J connectivity index is 2.46. The molecule has 2 unspecified atom stereocenters. The second-order valence-corrected chi connectivity index (χ2v) is 5.00. The van der Waals surface area contributed by atoms with E-state index in [-0.39, 0.29) is 0 Å². The molecule has 0 radical (unpaired) electrons. The molecule has 0 heterocycles. The minimum atomic E-state index is 0.520. The highest BCUT2D eigenvalue weighted by atomic mass is 15.3. The summed E-state index contributed by atoms with van der Waals surface area (Å²) in [6.07, 6.45) is 3.97. The lowest BCUT2D eigenvalue weighted by molar-refractivity contribution is 0.145. The van der Waals surface area contributed by atoms with Crippen LogP contribution in [-0.4, -0.2) is 13.1 Å². The van der Waals surface area contributed by atoms with Crippen molar-refractivity contribution in [2.24, 2.45) is 11.3 Å². The average Bonchev–Trinajstić information content (AvgIpc) is 1.82. The zero-order chi connectivity index (χ0) is 9.19. The average molecular weight is 170 g/mol. The summed E-state index contributed by atoms with van der Waals surface area (Å²) in [5.74, 6) is 0.861. The van der Waals surface area contributed by atoms with Crippen LogP contribution >= 0.6 is 0 Å². The van der Waals surface area contributed by atoms with E-state index in [1.807, 2.05) is 7.05 Å². The van der Waals surface area contributed by atoms with Gasteiger partial charge in [0.05, 0.1) is 0 Å². The SMILES string of the molecule is CNNC1CC(C)CC(C)(C)C1. The topological polar surface area (TPSA) is 24.1 Å². The minimum absolute atomic E-state index is 0.520. The third-order valence-corrected chi connectivity index (χ3v) is 2.74. The summed E-state index contributed by atoms with van der Waals surface area (Å²) in [5, 5.41) is 0. The van der Waals surface area contributed by atoms with Gasteiger partial charge in [0.15, 0.2) is 0 Å². The third-order valence-electron chi connectivity index (χ3n) is 2.74. The first-order chi connectivity index (χ1) is 5.53. The molecule has 0 aromatic heterocycles. The number of nitrogens with one attached hydrogen (secondary N) is 2. The van der Waals surface area contributed by atoms with Crippen molar-refractivity contribution in [2.45, 2.75) is 46.1 Å². The standard InChI is InChI=1S/C10H22N2/c1-8-5-9(12-11-4)7-10(2,3)6-8/h8-9,11-12H,5-7H2,1-4H3. The first kappa shape index (κ1) is 10.0. The summed E-state index contributed by atoms with van der Waals surface area (Å²) in [6, 6.07) is 0.661. The van der Waals surface area contributed by atoms with Gasteiger partial charge in [0, 0.05) is 6.04 Å². The van der Waals surface area contributed by atoms with Crippen molar-refractivity contribution >= 4 is 0 Å². The highest BCUT2D eigenvalue weighted by Gasteiger charge is 2.31. The van der Waals surface area contributed by atoms with E-state index in [1.165, 1.54) is 19.3 Å². The molecule has 1 aliphatic carbocycles. The van der Waals surface area contributed by atoms with E-state index in [4.69, 9.17) is 0 Å². The molecule has 0 spiro atoms. The van der Waals surface area contributed by atoms with Crippen LogP contribution in [0.3, 0.4) is 0 Å². The third kappa shape index (κ3) is 2.76. The summed E-state index contributed by atoms with van der Waals surface area (Å²) >= 11 is 0. The van der Waals surface area contributed by atoms with Crippen molar-refractivity contribution in [1.29, 1.82) is 0 Å². The summed E-state index contributed by atoms with van der Waals surface area (Å²) < 4.78 is 0. The van der Waals surface area contributed by atoms with Crippen LogP contribution in [0.4, 0.5) is 0 Å². The molecule has 1 rings (SSSR count). The van der Waals surface area contributed by atoms with Gasteiger partial charge in [0.2, 0.25) is 0 Å². The Bertz CT molecular complexity index is 143. The first-order valence-electron chi connectivity index (χ1n) is 4.96. The normalized spacial score (nSPS) is 35.0. The fourth-order valence-corrected chi connectivity index (χ4v) is 2.66. The maximum absolute atomic E-state index is 3.32. The van der Waals surface area contributed by atoms with Crippen LogP contribution < -0.4 is 10.9 Å². The number of hydrogen-bond donors (Lipinski definition) is 2. The van der Waals surface area contributed by atoms with Crippen molar-refractivity contribution in [3.63, 3.8) is 0 Å². The van der Waals surface area contributed by atoms with E-state index in [0.717, 1.165) is 5.92 Å². The molecule has 72 valence electrons. The molecule has 1 fully saturated rings. The van der Waals surface area contributed by atoms with Crippen LogP contribution in [0.2, 0.25) is 0 Å². The number of hydrogen-bond acceptors (Lipinski definition) is 2. The molecule has 12 heavy (non-hydrogen) atoms. The predicted molar refractivity (Wildman–Crippen MR) is 52.8 cm³/mol. The quantitative estimate of drug-likeness (QED) is 0.619. The van der Waals surface area contributed by atoms with Crippen molar-refractivity contribution in [3.05, 3.63) is 0 Å². The molecular formula is C10H22N2. The summed E-state index contributed by atoms with van der Waals surface area (Å²) in [7, 11) is 1.95. The van der Waals surface area contributed by atoms with Gasteiger partial charge in [-0.2, -0.15) is 0 Å². The van der Waals surface area contributed by atoms with Gasteiger partial charge in [-0.3, -0.25) is 10.9 Å². The lowest BCUT2D eigenvalue weighted by Crippen LogP contribution is -2.45. The molecular weight excluding hydrogens is 148 g/mol.